The topological polar surface area (TPSA) is 64.6 Å². The number of nitrogens with one attached hydrogen (secondary N) is 2. The number of urea groups is 1. The molecule has 2 unspecified atom stereocenters. The smallest absolute Gasteiger partial charge is 0.314 e. The molecule has 5 nitrogen and oxygen atoms in total. The molecule has 0 aliphatic heterocycles. The number of carbonyl (C=O) groups is 1. The lowest BCUT2D eigenvalue weighted by Crippen LogP contribution is -2.40. The van der Waals surface area contributed by atoms with E-state index in [-0.39, 0.29) is 12.1 Å². The Kier molecular flexibility index (Phi) is 7.89. The zero-order valence-corrected chi connectivity index (χ0v) is 14.7. The normalized spacial score (nSPS) is 20.4. The molecule has 3 N–H and O–H groups in total. The molecule has 2 atom stereocenters. The van der Waals surface area contributed by atoms with Crippen LogP contribution < -0.4 is 15.5 Å². The fourth-order valence-corrected chi connectivity index (χ4v) is 3.24. The second kappa shape index (κ2) is 10.2. The van der Waals surface area contributed by atoms with Gasteiger partial charge >= 0.3 is 6.03 Å². The van der Waals surface area contributed by atoms with Crippen LogP contribution in [0.1, 0.15) is 38.5 Å². The number of anilines is 1. The van der Waals surface area contributed by atoms with Crippen LogP contribution in [0.15, 0.2) is 30.3 Å². The number of aliphatic hydroxyl groups is 1. The first-order valence-corrected chi connectivity index (χ1v) is 9.11. The fraction of sp³-hybridized carbons (Fsp3) is 0.632. The first kappa shape index (κ1) is 18.6. The van der Waals surface area contributed by atoms with Crippen molar-refractivity contribution >= 4 is 11.7 Å². The fourth-order valence-electron chi connectivity index (χ4n) is 3.24. The van der Waals surface area contributed by atoms with Gasteiger partial charge < -0.3 is 20.6 Å². The molecule has 0 saturated heterocycles. The number of hydrogen-bond acceptors (Lipinski definition) is 3. The van der Waals surface area contributed by atoms with Crippen LogP contribution >= 0.6 is 0 Å². The number of nitrogens with zero attached hydrogens (tertiary/aromatic N) is 1. The van der Waals surface area contributed by atoms with Crippen LogP contribution in [0.25, 0.3) is 0 Å². The van der Waals surface area contributed by atoms with Gasteiger partial charge in [-0.15, -0.1) is 0 Å². The van der Waals surface area contributed by atoms with Crippen molar-refractivity contribution in [3.8, 4) is 0 Å². The summed E-state index contributed by atoms with van der Waals surface area (Å²) in [7, 11) is 2.09. The maximum absolute atomic E-state index is 11.8. The number of unbranched alkanes of at least 4 members (excludes halogenated alkanes) is 1. The number of carbonyl (C=O) groups excluding carboxylic acids is 1. The van der Waals surface area contributed by atoms with Crippen molar-refractivity contribution in [3.05, 3.63) is 30.3 Å². The van der Waals surface area contributed by atoms with Crippen molar-refractivity contribution in [2.75, 3.05) is 31.6 Å². The first-order valence-electron chi connectivity index (χ1n) is 9.11. The molecule has 1 aromatic carbocycles. The van der Waals surface area contributed by atoms with Gasteiger partial charge in [0.25, 0.3) is 0 Å². The Morgan fingerprint density at radius 1 is 1.21 bits per heavy atom. The standard InChI is InChI=1S/C19H31N3O2/c1-22(17-9-3-2-4-10-17)13-6-5-12-20-19(24)21-15-16-8-7-11-18(23)14-16/h2-4,9-10,16,18,23H,5-8,11-15H2,1H3,(H2,20,21,24). The van der Waals surface area contributed by atoms with E-state index in [2.05, 4.69) is 34.7 Å². The van der Waals surface area contributed by atoms with Gasteiger partial charge in [-0.25, -0.2) is 4.79 Å². The Hall–Kier alpha value is -1.75. The lowest BCUT2D eigenvalue weighted by molar-refractivity contribution is 0.101. The van der Waals surface area contributed by atoms with E-state index in [1.165, 1.54) is 5.69 Å². The highest BCUT2D eigenvalue weighted by atomic mass is 16.3. The third-order valence-corrected chi connectivity index (χ3v) is 4.71. The number of para-hydroxylation sites is 1. The lowest BCUT2D eigenvalue weighted by atomic mass is 9.87. The summed E-state index contributed by atoms with van der Waals surface area (Å²) in [6, 6.07) is 10.2. The van der Waals surface area contributed by atoms with E-state index in [0.29, 0.717) is 19.0 Å². The minimum Gasteiger partial charge on any atom is -0.393 e. The predicted octanol–water partition coefficient (Wildman–Crippen LogP) is 2.75. The van der Waals surface area contributed by atoms with Crippen LogP contribution in [0.2, 0.25) is 0 Å². The molecule has 1 fully saturated rings. The van der Waals surface area contributed by atoms with Gasteiger partial charge in [0.15, 0.2) is 0 Å². The number of amides is 2. The maximum atomic E-state index is 11.8. The minimum absolute atomic E-state index is 0.0912. The summed E-state index contributed by atoms with van der Waals surface area (Å²) >= 11 is 0. The highest BCUT2D eigenvalue weighted by Gasteiger charge is 2.20. The molecule has 0 bridgehead atoms. The molecule has 2 amide bonds. The Morgan fingerprint density at radius 2 is 2.00 bits per heavy atom. The lowest BCUT2D eigenvalue weighted by Gasteiger charge is -2.25. The Bertz CT molecular complexity index is 481. The molecule has 0 aromatic heterocycles. The van der Waals surface area contributed by atoms with Crippen molar-refractivity contribution in [1.82, 2.24) is 10.6 Å². The minimum atomic E-state index is -0.185. The van der Waals surface area contributed by atoms with Crippen LogP contribution in [-0.4, -0.2) is 43.9 Å². The van der Waals surface area contributed by atoms with Crippen molar-refractivity contribution < 1.29 is 9.90 Å². The maximum Gasteiger partial charge on any atom is 0.314 e. The molecule has 24 heavy (non-hydrogen) atoms. The van der Waals surface area contributed by atoms with E-state index in [1.807, 2.05) is 18.2 Å². The van der Waals surface area contributed by atoms with Gasteiger partial charge in [-0.1, -0.05) is 24.6 Å². The Balaban J connectivity index is 1.50. The van der Waals surface area contributed by atoms with Crippen molar-refractivity contribution in [2.45, 2.75) is 44.6 Å². The molecule has 1 saturated carbocycles. The van der Waals surface area contributed by atoms with E-state index in [4.69, 9.17) is 0 Å². The zero-order chi connectivity index (χ0) is 17.2. The Morgan fingerprint density at radius 3 is 2.75 bits per heavy atom. The van der Waals surface area contributed by atoms with Gasteiger partial charge in [0, 0.05) is 32.4 Å². The second-order valence-corrected chi connectivity index (χ2v) is 6.79. The van der Waals surface area contributed by atoms with Crippen LogP contribution in [-0.2, 0) is 0 Å². The third-order valence-electron chi connectivity index (χ3n) is 4.71. The van der Waals surface area contributed by atoms with Crippen LogP contribution in [0, 0.1) is 5.92 Å². The molecule has 1 aliphatic rings. The van der Waals surface area contributed by atoms with Gasteiger partial charge in [0.2, 0.25) is 0 Å². The highest BCUT2D eigenvalue weighted by Crippen LogP contribution is 2.23. The van der Waals surface area contributed by atoms with E-state index in [1.54, 1.807) is 0 Å². The molecule has 0 heterocycles. The Labute approximate surface area is 145 Å². The number of rotatable bonds is 8. The number of aliphatic hydroxyl groups excluding tert-OH is 1. The summed E-state index contributed by atoms with van der Waals surface area (Å²) in [4.78, 5) is 14.0. The van der Waals surface area contributed by atoms with Crippen molar-refractivity contribution in [3.63, 3.8) is 0 Å². The molecule has 1 aromatic rings. The molecular formula is C19H31N3O2. The summed E-state index contributed by atoms with van der Waals surface area (Å²) in [5.74, 6) is 0.416. The summed E-state index contributed by atoms with van der Waals surface area (Å²) < 4.78 is 0. The van der Waals surface area contributed by atoms with E-state index >= 15 is 0 Å². The molecule has 0 radical (unpaired) electrons. The van der Waals surface area contributed by atoms with Gasteiger partial charge in [0.05, 0.1) is 6.10 Å². The summed E-state index contributed by atoms with van der Waals surface area (Å²) in [5.41, 5.74) is 1.22. The first-order chi connectivity index (χ1) is 11.6. The number of benzene rings is 1. The van der Waals surface area contributed by atoms with E-state index < -0.39 is 0 Å². The predicted molar refractivity (Wildman–Crippen MR) is 98.3 cm³/mol. The molecule has 134 valence electrons. The summed E-state index contributed by atoms with van der Waals surface area (Å²) in [6.07, 6.45) is 5.70. The van der Waals surface area contributed by atoms with E-state index in [9.17, 15) is 9.90 Å². The number of hydrogen-bond donors (Lipinski definition) is 3. The van der Waals surface area contributed by atoms with E-state index in [0.717, 1.165) is 45.1 Å². The highest BCUT2D eigenvalue weighted by molar-refractivity contribution is 5.73. The summed E-state index contributed by atoms with van der Waals surface area (Å²) in [6.45, 7) is 2.34. The molecule has 5 heteroatoms. The second-order valence-electron chi connectivity index (χ2n) is 6.79. The molecule has 0 spiro atoms. The summed E-state index contributed by atoms with van der Waals surface area (Å²) in [5, 5.41) is 15.5. The SMILES string of the molecule is CN(CCCCNC(=O)NCC1CCCC(O)C1)c1ccccc1. The average molecular weight is 333 g/mol. The van der Waals surface area contributed by atoms with Gasteiger partial charge in [-0.05, 0) is 50.2 Å². The third kappa shape index (κ3) is 6.79. The average Bonchev–Trinajstić information content (AvgIpc) is 2.60. The van der Waals surface area contributed by atoms with Crippen molar-refractivity contribution in [2.24, 2.45) is 5.92 Å². The quantitative estimate of drug-likeness (QED) is 0.641. The zero-order valence-electron chi connectivity index (χ0n) is 14.7. The molecule has 2 rings (SSSR count). The van der Waals surface area contributed by atoms with Gasteiger partial charge in [-0.2, -0.15) is 0 Å². The monoisotopic (exact) mass is 333 g/mol. The van der Waals surface area contributed by atoms with Crippen LogP contribution in [0.5, 0.6) is 0 Å². The molecular weight excluding hydrogens is 302 g/mol. The van der Waals surface area contributed by atoms with Gasteiger partial charge in [-0.3, -0.25) is 0 Å². The van der Waals surface area contributed by atoms with Crippen LogP contribution in [0.4, 0.5) is 10.5 Å². The van der Waals surface area contributed by atoms with Crippen molar-refractivity contribution in [1.29, 1.82) is 0 Å². The largest absolute Gasteiger partial charge is 0.393 e. The molecule has 1 aliphatic carbocycles. The van der Waals surface area contributed by atoms with Crippen LogP contribution in [0.3, 0.4) is 0 Å². The van der Waals surface area contributed by atoms with Gasteiger partial charge in [0.1, 0.15) is 0 Å².